The van der Waals surface area contributed by atoms with Crippen LogP contribution in [0.5, 0.6) is 0 Å². The van der Waals surface area contributed by atoms with Crippen molar-refractivity contribution < 1.29 is 4.79 Å². The summed E-state index contributed by atoms with van der Waals surface area (Å²) in [4.78, 5) is 22.4. The van der Waals surface area contributed by atoms with Gasteiger partial charge in [0.1, 0.15) is 0 Å². The van der Waals surface area contributed by atoms with E-state index in [0.717, 1.165) is 50.4 Å². The lowest BCUT2D eigenvalue weighted by Crippen LogP contribution is -2.48. The highest BCUT2D eigenvalue weighted by Crippen LogP contribution is 2.43. The first-order chi connectivity index (χ1) is 14.6. The van der Waals surface area contributed by atoms with E-state index in [1.165, 1.54) is 5.56 Å². The molecule has 1 aromatic heterocycles. The van der Waals surface area contributed by atoms with E-state index >= 15 is 0 Å². The molecule has 4 nitrogen and oxygen atoms in total. The number of carbonyl (C=O) groups excluding carboxylic acids is 1. The van der Waals surface area contributed by atoms with E-state index < -0.39 is 0 Å². The summed E-state index contributed by atoms with van der Waals surface area (Å²) in [6, 6.07) is 21.6. The van der Waals surface area contributed by atoms with Crippen LogP contribution >= 0.6 is 11.6 Å². The van der Waals surface area contributed by atoms with Crippen molar-refractivity contribution in [3.63, 3.8) is 0 Å². The smallest absolute Gasteiger partial charge is 0.258 e. The summed E-state index contributed by atoms with van der Waals surface area (Å²) in [5.74, 6) is 0.0429. The molecule has 1 fully saturated rings. The molecule has 0 bridgehead atoms. The zero-order valence-electron chi connectivity index (χ0n) is 16.8. The van der Waals surface area contributed by atoms with Gasteiger partial charge in [-0.25, -0.2) is 0 Å². The average molecular weight is 418 g/mol. The van der Waals surface area contributed by atoms with Gasteiger partial charge in [0.25, 0.3) is 5.91 Å². The van der Waals surface area contributed by atoms with E-state index in [1.807, 2.05) is 41.4 Å². The highest BCUT2D eigenvalue weighted by molar-refractivity contribution is 6.30. The van der Waals surface area contributed by atoms with Gasteiger partial charge < -0.3 is 4.90 Å². The molecule has 3 heterocycles. The molecule has 0 saturated carbocycles. The summed E-state index contributed by atoms with van der Waals surface area (Å²) in [5.41, 5.74) is 4.14. The van der Waals surface area contributed by atoms with Gasteiger partial charge in [-0.15, -0.1) is 0 Å². The predicted octanol–water partition coefficient (Wildman–Crippen LogP) is 4.83. The van der Waals surface area contributed by atoms with Gasteiger partial charge in [0.05, 0.1) is 5.69 Å². The number of pyridine rings is 1. The zero-order chi connectivity index (χ0) is 20.6. The number of nitrogens with zero attached hydrogens (tertiary/aromatic N) is 3. The summed E-state index contributed by atoms with van der Waals surface area (Å²) in [6.45, 7) is 3.60. The molecule has 5 rings (SSSR count). The Morgan fingerprint density at radius 2 is 1.80 bits per heavy atom. The molecule has 1 unspecified atom stereocenters. The molecular formula is C25H24ClN3O. The Labute approximate surface area is 182 Å². The van der Waals surface area contributed by atoms with E-state index in [-0.39, 0.29) is 11.3 Å². The third-order valence-corrected chi connectivity index (χ3v) is 6.56. The monoisotopic (exact) mass is 417 g/mol. The fraction of sp³-hybridized carbons (Fsp3) is 0.280. The Morgan fingerprint density at radius 1 is 1.00 bits per heavy atom. The van der Waals surface area contributed by atoms with E-state index in [9.17, 15) is 4.79 Å². The highest BCUT2D eigenvalue weighted by Gasteiger charge is 2.44. The normalized spacial score (nSPS) is 21.0. The second kappa shape index (κ2) is 7.86. The molecule has 1 atom stereocenters. The number of hydrogen-bond donors (Lipinski definition) is 0. The minimum absolute atomic E-state index is 0.0429. The van der Waals surface area contributed by atoms with Gasteiger partial charge in [0.15, 0.2) is 0 Å². The number of amides is 1. The Hall–Kier alpha value is -2.69. The molecule has 0 aliphatic carbocycles. The van der Waals surface area contributed by atoms with E-state index in [1.54, 1.807) is 12.1 Å². The minimum atomic E-state index is 0.0429. The molecule has 30 heavy (non-hydrogen) atoms. The molecule has 3 aromatic rings. The van der Waals surface area contributed by atoms with Crippen molar-refractivity contribution in [1.29, 1.82) is 0 Å². The number of aromatic nitrogens is 1. The maximum absolute atomic E-state index is 13.4. The summed E-state index contributed by atoms with van der Waals surface area (Å²) >= 11 is 6.03. The third kappa shape index (κ3) is 3.73. The van der Waals surface area contributed by atoms with Gasteiger partial charge in [0.2, 0.25) is 0 Å². The number of benzene rings is 2. The molecule has 2 aromatic carbocycles. The maximum Gasteiger partial charge on any atom is 0.258 e. The second-order valence-corrected chi connectivity index (χ2v) is 8.92. The lowest BCUT2D eigenvalue weighted by atomic mass is 9.76. The van der Waals surface area contributed by atoms with Crippen LogP contribution in [-0.4, -0.2) is 35.4 Å². The van der Waals surface area contributed by atoms with Gasteiger partial charge in [-0.3, -0.25) is 14.7 Å². The summed E-state index contributed by atoms with van der Waals surface area (Å²) < 4.78 is 0. The van der Waals surface area contributed by atoms with Gasteiger partial charge in [-0.05, 0) is 67.4 Å². The lowest BCUT2D eigenvalue weighted by Gasteiger charge is -2.41. The molecule has 5 heteroatoms. The number of hydrogen-bond acceptors (Lipinski definition) is 3. The van der Waals surface area contributed by atoms with Crippen molar-refractivity contribution in [1.82, 2.24) is 9.88 Å². The van der Waals surface area contributed by atoms with E-state index in [4.69, 9.17) is 11.6 Å². The summed E-state index contributed by atoms with van der Waals surface area (Å²) in [5, 5.41) is 0.642. The van der Waals surface area contributed by atoms with Crippen LogP contribution in [0.2, 0.25) is 5.02 Å². The molecule has 152 valence electrons. The largest absolute Gasteiger partial charge is 0.307 e. The predicted molar refractivity (Wildman–Crippen MR) is 120 cm³/mol. The first-order valence-corrected chi connectivity index (χ1v) is 10.8. The van der Waals surface area contributed by atoms with Gasteiger partial charge in [-0.1, -0.05) is 35.9 Å². The number of anilines is 1. The molecule has 2 aliphatic heterocycles. The van der Waals surface area contributed by atoms with Crippen molar-refractivity contribution in [3.8, 4) is 0 Å². The van der Waals surface area contributed by atoms with Crippen LogP contribution in [0.1, 0.15) is 28.0 Å². The third-order valence-electron chi connectivity index (χ3n) is 6.31. The Balaban J connectivity index is 1.42. The number of rotatable bonds is 3. The second-order valence-electron chi connectivity index (χ2n) is 8.49. The fourth-order valence-electron chi connectivity index (χ4n) is 4.89. The quantitative estimate of drug-likeness (QED) is 0.612. The van der Waals surface area contributed by atoms with Crippen LogP contribution < -0.4 is 4.90 Å². The Morgan fingerprint density at radius 3 is 2.60 bits per heavy atom. The number of likely N-dealkylation sites (tertiary alicyclic amines) is 1. The summed E-state index contributed by atoms with van der Waals surface area (Å²) in [7, 11) is 0. The summed E-state index contributed by atoms with van der Waals surface area (Å²) in [6.07, 6.45) is 3.94. The standard InChI is InChI=1S/C25H24ClN3O/c26-21-10-8-19(9-11-21)24(30)29-18-25(15-20-5-1-2-7-23(20)29)12-14-28(17-25)16-22-6-3-4-13-27-22/h1-11,13H,12,14-18H2. The molecular weight excluding hydrogens is 394 g/mol. The van der Waals surface area contributed by atoms with Crippen LogP contribution in [0.25, 0.3) is 0 Å². The van der Waals surface area contributed by atoms with E-state index in [0.29, 0.717) is 10.6 Å². The van der Waals surface area contributed by atoms with Crippen molar-refractivity contribution in [2.24, 2.45) is 5.41 Å². The van der Waals surface area contributed by atoms with Crippen LogP contribution in [0.4, 0.5) is 5.69 Å². The van der Waals surface area contributed by atoms with Crippen molar-refractivity contribution >= 4 is 23.2 Å². The number of fused-ring (bicyclic) bond motifs is 1. The molecule has 0 N–H and O–H groups in total. The van der Waals surface area contributed by atoms with E-state index in [2.05, 4.69) is 34.1 Å². The van der Waals surface area contributed by atoms with Gasteiger partial charge >= 0.3 is 0 Å². The van der Waals surface area contributed by atoms with Gasteiger partial charge in [-0.2, -0.15) is 0 Å². The molecule has 1 spiro atoms. The molecule has 1 saturated heterocycles. The van der Waals surface area contributed by atoms with Crippen LogP contribution in [0.3, 0.4) is 0 Å². The first-order valence-electron chi connectivity index (χ1n) is 10.4. The Kier molecular flexibility index (Phi) is 5.05. The van der Waals surface area contributed by atoms with Crippen molar-refractivity contribution in [2.75, 3.05) is 24.5 Å². The van der Waals surface area contributed by atoms with Crippen LogP contribution in [0, 0.1) is 5.41 Å². The number of para-hydroxylation sites is 1. The van der Waals surface area contributed by atoms with Gasteiger partial charge in [0, 0.05) is 47.5 Å². The van der Waals surface area contributed by atoms with Crippen LogP contribution in [0.15, 0.2) is 72.9 Å². The fourth-order valence-corrected chi connectivity index (χ4v) is 5.02. The SMILES string of the molecule is O=C(c1ccc(Cl)cc1)N1CC2(CCN(Cc3ccccn3)C2)Cc2ccccc21. The van der Waals surface area contributed by atoms with Crippen molar-refractivity contribution in [2.45, 2.75) is 19.4 Å². The average Bonchev–Trinajstić information content (AvgIpc) is 3.15. The number of carbonyl (C=O) groups is 1. The minimum Gasteiger partial charge on any atom is -0.307 e. The molecule has 1 amide bonds. The van der Waals surface area contributed by atoms with Crippen LogP contribution in [-0.2, 0) is 13.0 Å². The highest BCUT2D eigenvalue weighted by atomic mass is 35.5. The lowest BCUT2D eigenvalue weighted by molar-refractivity contribution is 0.0966. The number of halogens is 1. The molecule has 2 aliphatic rings. The zero-order valence-corrected chi connectivity index (χ0v) is 17.6. The topological polar surface area (TPSA) is 36.4 Å². The first kappa shape index (κ1) is 19.3. The Bertz CT molecular complexity index is 1050. The molecule has 0 radical (unpaired) electrons. The maximum atomic E-state index is 13.4. The van der Waals surface area contributed by atoms with Crippen molar-refractivity contribution in [3.05, 3.63) is 94.8 Å².